The molecule has 2 rings (SSSR count). The van der Waals surface area contributed by atoms with Crippen molar-refractivity contribution in [3.63, 3.8) is 0 Å². The Morgan fingerprint density at radius 1 is 1.48 bits per heavy atom. The lowest BCUT2D eigenvalue weighted by Gasteiger charge is -2.08. The summed E-state index contributed by atoms with van der Waals surface area (Å²) < 4.78 is 24.7. The van der Waals surface area contributed by atoms with Crippen LogP contribution in [0.5, 0.6) is 0 Å². The molecule has 1 aliphatic heterocycles. The van der Waals surface area contributed by atoms with E-state index in [9.17, 15) is 8.42 Å². The van der Waals surface area contributed by atoms with Crippen LogP contribution in [0.25, 0.3) is 0 Å². The molecule has 0 aromatic carbocycles. The third-order valence-corrected chi connectivity index (χ3v) is 6.21. The summed E-state index contributed by atoms with van der Waals surface area (Å²) in [5, 5.41) is 9.00. The molecular formula is C12H21ClN4O2S2. The van der Waals surface area contributed by atoms with Gasteiger partial charge in [0.2, 0.25) is 0 Å². The molecule has 1 atom stereocenters. The normalized spacial score (nSPS) is 20.1. The number of nitrogens with zero attached hydrogens (tertiary/aromatic N) is 3. The summed E-state index contributed by atoms with van der Waals surface area (Å²) in [5.74, 6) is 2.56. The molecule has 1 aliphatic rings. The van der Waals surface area contributed by atoms with E-state index in [-0.39, 0.29) is 18.3 Å². The minimum absolute atomic E-state index is 0. The summed E-state index contributed by atoms with van der Waals surface area (Å²) in [6.07, 6.45) is 3.47. The van der Waals surface area contributed by atoms with Crippen LogP contribution >= 0.6 is 24.2 Å². The van der Waals surface area contributed by atoms with Crippen LogP contribution in [-0.2, 0) is 22.9 Å². The van der Waals surface area contributed by atoms with Crippen LogP contribution in [0.1, 0.15) is 18.7 Å². The number of hydrogen-bond donors (Lipinski definition) is 1. The van der Waals surface area contributed by atoms with Crippen molar-refractivity contribution in [3.05, 3.63) is 18.5 Å². The van der Waals surface area contributed by atoms with E-state index in [0.717, 1.165) is 29.6 Å². The van der Waals surface area contributed by atoms with E-state index in [2.05, 4.69) is 16.8 Å². The second-order valence-corrected chi connectivity index (χ2v) is 8.20. The van der Waals surface area contributed by atoms with Crippen molar-refractivity contribution in [1.29, 1.82) is 0 Å². The molecule has 9 heteroatoms. The number of hydrogen-bond acceptors (Lipinski definition) is 6. The molecule has 21 heavy (non-hydrogen) atoms. The Balaban J connectivity index is 0.00000220. The topological polar surface area (TPSA) is 90.9 Å². The number of thioether (sulfide) groups is 1. The molecule has 1 unspecified atom stereocenters. The summed E-state index contributed by atoms with van der Waals surface area (Å²) in [4.78, 5) is 0. The highest BCUT2D eigenvalue weighted by molar-refractivity contribution is 7.99. The van der Waals surface area contributed by atoms with Crippen molar-refractivity contribution < 1.29 is 8.42 Å². The van der Waals surface area contributed by atoms with Gasteiger partial charge >= 0.3 is 0 Å². The van der Waals surface area contributed by atoms with Crippen molar-refractivity contribution in [2.24, 2.45) is 11.7 Å². The maximum atomic E-state index is 11.4. The SMILES string of the molecule is C=CCn1c(CN)nnc1SCCC1CCS(=O)(=O)C1.Cl. The van der Waals surface area contributed by atoms with Gasteiger partial charge in [0, 0.05) is 12.3 Å². The van der Waals surface area contributed by atoms with Crippen LogP contribution in [0.3, 0.4) is 0 Å². The Bertz CT molecular complexity index is 574. The van der Waals surface area contributed by atoms with Crippen LogP contribution in [-0.4, -0.2) is 40.4 Å². The molecule has 2 N–H and O–H groups in total. The first-order chi connectivity index (χ1) is 9.55. The fraction of sp³-hybridized carbons (Fsp3) is 0.667. The number of nitrogens with two attached hydrogens (primary N) is 1. The van der Waals surface area contributed by atoms with Gasteiger partial charge in [-0.2, -0.15) is 0 Å². The fourth-order valence-electron chi connectivity index (χ4n) is 2.31. The molecule has 0 saturated carbocycles. The van der Waals surface area contributed by atoms with E-state index in [4.69, 9.17) is 5.73 Å². The van der Waals surface area contributed by atoms with Crippen LogP contribution in [0, 0.1) is 5.92 Å². The van der Waals surface area contributed by atoms with Crippen molar-refractivity contribution in [1.82, 2.24) is 14.8 Å². The molecule has 0 bridgehead atoms. The van der Waals surface area contributed by atoms with Gasteiger partial charge in [-0.3, -0.25) is 0 Å². The zero-order valence-corrected chi connectivity index (χ0v) is 14.2. The first kappa shape index (κ1) is 18.5. The second-order valence-electron chi connectivity index (χ2n) is 4.91. The zero-order valence-electron chi connectivity index (χ0n) is 11.8. The molecule has 0 radical (unpaired) electrons. The molecule has 1 aromatic rings. The maximum Gasteiger partial charge on any atom is 0.191 e. The van der Waals surface area contributed by atoms with Crippen LogP contribution in [0.15, 0.2) is 17.8 Å². The lowest BCUT2D eigenvalue weighted by molar-refractivity contribution is 0.573. The number of halogens is 1. The Kier molecular flexibility index (Phi) is 7.19. The van der Waals surface area contributed by atoms with E-state index in [0.29, 0.717) is 24.6 Å². The van der Waals surface area contributed by atoms with E-state index in [1.807, 2.05) is 4.57 Å². The quantitative estimate of drug-likeness (QED) is 0.586. The minimum atomic E-state index is -2.78. The zero-order chi connectivity index (χ0) is 14.6. The fourth-order valence-corrected chi connectivity index (χ4v) is 5.28. The maximum absolute atomic E-state index is 11.4. The van der Waals surface area contributed by atoms with Crippen molar-refractivity contribution in [3.8, 4) is 0 Å². The van der Waals surface area contributed by atoms with Gasteiger partial charge in [0.05, 0.1) is 18.1 Å². The Hall–Kier alpha value is -0.570. The van der Waals surface area contributed by atoms with Crippen LogP contribution in [0.2, 0.25) is 0 Å². The Labute approximate surface area is 135 Å². The second kappa shape index (κ2) is 8.17. The summed E-state index contributed by atoms with van der Waals surface area (Å²) in [6.45, 7) is 4.71. The van der Waals surface area contributed by atoms with Gasteiger partial charge in [-0.05, 0) is 18.8 Å². The van der Waals surface area contributed by atoms with Crippen molar-refractivity contribution >= 4 is 34.0 Å². The smallest absolute Gasteiger partial charge is 0.191 e. The summed E-state index contributed by atoms with van der Waals surface area (Å²) in [5.41, 5.74) is 5.62. The summed E-state index contributed by atoms with van der Waals surface area (Å²) in [6, 6.07) is 0. The molecule has 1 fully saturated rings. The lowest BCUT2D eigenvalue weighted by Crippen LogP contribution is -2.09. The van der Waals surface area contributed by atoms with Gasteiger partial charge in [-0.1, -0.05) is 17.8 Å². The standard InChI is InChI=1S/C12H20N4O2S2.ClH/c1-2-5-16-11(8-13)14-15-12(16)19-6-3-10-4-7-20(17,18)9-10;/h2,10H,1,3-9,13H2;1H. The average Bonchev–Trinajstić information content (AvgIpc) is 2.94. The molecule has 120 valence electrons. The van der Waals surface area contributed by atoms with Crippen molar-refractivity contribution in [2.45, 2.75) is 31.1 Å². The lowest BCUT2D eigenvalue weighted by atomic mass is 10.1. The third kappa shape index (κ3) is 4.98. The van der Waals surface area contributed by atoms with E-state index < -0.39 is 9.84 Å². The highest BCUT2D eigenvalue weighted by Crippen LogP contribution is 2.25. The number of rotatable bonds is 7. The van der Waals surface area contributed by atoms with E-state index >= 15 is 0 Å². The van der Waals surface area contributed by atoms with Gasteiger partial charge in [0.15, 0.2) is 15.0 Å². The highest BCUT2D eigenvalue weighted by Gasteiger charge is 2.27. The predicted octanol–water partition coefficient (Wildman–Crippen LogP) is 1.26. The highest BCUT2D eigenvalue weighted by atomic mass is 35.5. The van der Waals surface area contributed by atoms with E-state index in [1.165, 1.54) is 0 Å². The first-order valence-corrected chi connectivity index (χ1v) is 9.42. The molecule has 0 amide bonds. The first-order valence-electron chi connectivity index (χ1n) is 6.62. The number of allylic oxidation sites excluding steroid dienone is 1. The molecule has 1 aromatic heterocycles. The molecular weight excluding hydrogens is 332 g/mol. The van der Waals surface area contributed by atoms with Gasteiger partial charge < -0.3 is 10.3 Å². The van der Waals surface area contributed by atoms with Gasteiger partial charge in [0.25, 0.3) is 0 Å². The molecule has 1 saturated heterocycles. The van der Waals surface area contributed by atoms with Gasteiger partial charge in [-0.25, -0.2) is 8.42 Å². The monoisotopic (exact) mass is 352 g/mol. The summed E-state index contributed by atoms with van der Waals surface area (Å²) in [7, 11) is -2.78. The number of sulfone groups is 1. The average molecular weight is 353 g/mol. The number of aromatic nitrogens is 3. The minimum Gasteiger partial charge on any atom is -0.324 e. The Morgan fingerprint density at radius 3 is 2.81 bits per heavy atom. The van der Waals surface area contributed by atoms with Crippen LogP contribution < -0.4 is 5.73 Å². The largest absolute Gasteiger partial charge is 0.324 e. The summed E-state index contributed by atoms with van der Waals surface area (Å²) >= 11 is 1.60. The van der Waals surface area contributed by atoms with Gasteiger partial charge in [0.1, 0.15) is 5.82 Å². The Morgan fingerprint density at radius 2 is 2.24 bits per heavy atom. The third-order valence-electron chi connectivity index (χ3n) is 3.37. The van der Waals surface area contributed by atoms with Crippen molar-refractivity contribution in [2.75, 3.05) is 17.3 Å². The molecule has 0 spiro atoms. The van der Waals surface area contributed by atoms with E-state index in [1.54, 1.807) is 17.8 Å². The molecule has 2 heterocycles. The predicted molar refractivity (Wildman–Crippen MR) is 87.5 cm³/mol. The van der Waals surface area contributed by atoms with Gasteiger partial charge in [-0.15, -0.1) is 29.2 Å². The molecule has 0 aliphatic carbocycles. The molecule has 6 nitrogen and oxygen atoms in total. The van der Waals surface area contributed by atoms with Crippen LogP contribution in [0.4, 0.5) is 0 Å².